The van der Waals surface area contributed by atoms with Gasteiger partial charge in [0.1, 0.15) is 5.75 Å². The summed E-state index contributed by atoms with van der Waals surface area (Å²) in [5, 5.41) is 8.10. The van der Waals surface area contributed by atoms with Gasteiger partial charge in [0.05, 0.1) is 19.0 Å². The number of rotatable bonds is 5. The first kappa shape index (κ1) is 14.9. The molecule has 2 rings (SSSR count). The van der Waals surface area contributed by atoms with Crippen molar-refractivity contribution < 1.29 is 4.74 Å². The van der Waals surface area contributed by atoms with Gasteiger partial charge in [0, 0.05) is 19.5 Å². The second-order valence-corrected chi connectivity index (χ2v) is 5.61. The average Bonchev–Trinajstić information content (AvgIpc) is 2.46. The number of piperidine rings is 1. The molecule has 1 heterocycles. The fraction of sp³-hybridized carbons (Fsp3) is 0.562. The van der Waals surface area contributed by atoms with Crippen LogP contribution in [0.2, 0.25) is 0 Å². The first-order valence-electron chi connectivity index (χ1n) is 7.24. The SMILES string of the molecule is COc1cccc(C(CN2CCCCC2=N)N(C)C)c1. The molecule has 1 saturated heterocycles. The smallest absolute Gasteiger partial charge is 0.119 e. The lowest BCUT2D eigenvalue weighted by Crippen LogP contribution is -2.41. The van der Waals surface area contributed by atoms with Crippen molar-refractivity contribution in [1.82, 2.24) is 9.80 Å². The van der Waals surface area contributed by atoms with Gasteiger partial charge < -0.3 is 14.5 Å². The Morgan fingerprint density at radius 3 is 2.80 bits per heavy atom. The number of likely N-dealkylation sites (tertiary alicyclic amines) is 1. The lowest BCUT2D eigenvalue weighted by atomic mass is 10.0. The van der Waals surface area contributed by atoms with Crippen LogP contribution in [0.1, 0.15) is 30.9 Å². The van der Waals surface area contributed by atoms with Crippen LogP contribution >= 0.6 is 0 Å². The normalized spacial score (nSPS) is 17.4. The summed E-state index contributed by atoms with van der Waals surface area (Å²) in [7, 11) is 5.89. The Bertz CT molecular complexity index is 459. The molecule has 1 atom stereocenters. The second kappa shape index (κ2) is 6.75. The number of ether oxygens (including phenoxy) is 1. The summed E-state index contributed by atoms with van der Waals surface area (Å²) < 4.78 is 5.32. The molecular weight excluding hydrogens is 250 g/mol. The van der Waals surface area contributed by atoms with Crippen molar-refractivity contribution >= 4 is 5.84 Å². The van der Waals surface area contributed by atoms with E-state index in [2.05, 4.69) is 36.0 Å². The number of benzene rings is 1. The fourth-order valence-corrected chi connectivity index (χ4v) is 2.71. The fourth-order valence-electron chi connectivity index (χ4n) is 2.71. The molecule has 0 aromatic heterocycles. The zero-order valence-corrected chi connectivity index (χ0v) is 12.7. The van der Waals surface area contributed by atoms with Crippen LogP contribution < -0.4 is 4.74 Å². The Morgan fingerprint density at radius 1 is 1.35 bits per heavy atom. The Labute approximate surface area is 121 Å². The van der Waals surface area contributed by atoms with Crippen LogP contribution in [0.3, 0.4) is 0 Å². The molecule has 0 spiro atoms. The van der Waals surface area contributed by atoms with Crippen molar-refractivity contribution in [2.75, 3.05) is 34.3 Å². The van der Waals surface area contributed by atoms with Gasteiger partial charge in [0.25, 0.3) is 0 Å². The van der Waals surface area contributed by atoms with Crippen LogP contribution in [0.15, 0.2) is 24.3 Å². The molecule has 4 nitrogen and oxygen atoms in total. The summed E-state index contributed by atoms with van der Waals surface area (Å²) in [6.07, 6.45) is 3.26. The molecule has 1 aromatic carbocycles. The van der Waals surface area contributed by atoms with Crippen LogP contribution in [-0.2, 0) is 0 Å². The minimum absolute atomic E-state index is 0.281. The van der Waals surface area contributed by atoms with Crippen LogP contribution in [-0.4, -0.2) is 49.9 Å². The van der Waals surface area contributed by atoms with Gasteiger partial charge in [-0.15, -0.1) is 0 Å². The number of methoxy groups -OCH3 is 1. The lowest BCUT2D eigenvalue weighted by molar-refractivity contribution is 0.228. The maximum Gasteiger partial charge on any atom is 0.119 e. The van der Waals surface area contributed by atoms with E-state index in [1.165, 1.54) is 12.0 Å². The van der Waals surface area contributed by atoms with Gasteiger partial charge in [-0.05, 0) is 44.6 Å². The van der Waals surface area contributed by atoms with Gasteiger partial charge in [-0.1, -0.05) is 12.1 Å². The molecule has 4 heteroatoms. The molecule has 1 N–H and O–H groups in total. The molecule has 20 heavy (non-hydrogen) atoms. The highest BCUT2D eigenvalue weighted by Gasteiger charge is 2.22. The highest BCUT2D eigenvalue weighted by atomic mass is 16.5. The maximum absolute atomic E-state index is 8.10. The Kier molecular flexibility index (Phi) is 5.01. The highest BCUT2D eigenvalue weighted by Crippen LogP contribution is 2.25. The Hall–Kier alpha value is -1.55. The quantitative estimate of drug-likeness (QED) is 0.898. The Morgan fingerprint density at radius 2 is 2.15 bits per heavy atom. The van der Waals surface area contributed by atoms with Gasteiger partial charge in [-0.2, -0.15) is 0 Å². The van der Waals surface area contributed by atoms with Gasteiger partial charge in [0.15, 0.2) is 0 Å². The summed E-state index contributed by atoms with van der Waals surface area (Å²) in [4.78, 5) is 4.43. The van der Waals surface area contributed by atoms with E-state index in [4.69, 9.17) is 10.1 Å². The summed E-state index contributed by atoms with van der Waals surface area (Å²) in [5.41, 5.74) is 1.24. The monoisotopic (exact) mass is 275 g/mol. The number of amidine groups is 1. The van der Waals surface area contributed by atoms with E-state index >= 15 is 0 Å². The number of nitrogens with one attached hydrogen (secondary N) is 1. The molecule has 1 unspecified atom stereocenters. The molecule has 1 aliphatic heterocycles. The van der Waals surface area contributed by atoms with E-state index in [0.29, 0.717) is 0 Å². The summed E-state index contributed by atoms with van der Waals surface area (Å²) >= 11 is 0. The van der Waals surface area contributed by atoms with Crippen molar-refractivity contribution in [3.8, 4) is 5.75 Å². The molecule has 0 saturated carbocycles. The molecule has 1 aliphatic rings. The van der Waals surface area contributed by atoms with E-state index in [0.717, 1.165) is 37.5 Å². The Balaban J connectivity index is 2.15. The minimum Gasteiger partial charge on any atom is -0.497 e. The van der Waals surface area contributed by atoms with Crippen molar-refractivity contribution in [3.05, 3.63) is 29.8 Å². The number of likely N-dealkylation sites (N-methyl/N-ethyl adjacent to an activating group) is 1. The molecule has 0 bridgehead atoms. The largest absolute Gasteiger partial charge is 0.497 e. The van der Waals surface area contributed by atoms with E-state index in [1.807, 2.05) is 12.1 Å². The summed E-state index contributed by atoms with van der Waals surface area (Å²) in [5.74, 6) is 1.68. The molecular formula is C16H25N3O. The van der Waals surface area contributed by atoms with Crippen molar-refractivity contribution in [1.29, 1.82) is 5.41 Å². The lowest BCUT2D eigenvalue weighted by Gasteiger charge is -2.35. The molecule has 110 valence electrons. The van der Waals surface area contributed by atoms with Crippen LogP contribution in [0.25, 0.3) is 0 Å². The van der Waals surface area contributed by atoms with E-state index in [9.17, 15) is 0 Å². The van der Waals surface area contributed by atoms with Gasteiger partial charge >= 0.3 is 0 Å². The van der Waals surface area contributed by atoms with Crippen LogP contribution in [0.5, 0.6) is 5.75 Å². The highest BCUT2D eigenvalue weighted by molar-refractivity contribution is 5.79. The van der Waals surface area contributed by atoms with E-state index < -0.39 is 0 Å². The van der Waals surface area contributed by atoms with Crippen molar-refractivity contribution in [3.63, 3.8) is 0 Å². The standard InChI is InChI=1S/C16H25N3O/c1-18(2)15(12-19-10-5-4-9-16(19)17)13-7-6-8-14(11-13)20-3/h6-8,11,15,17H,4-5,9-10,12H2,1-3H3. The first-order chi connectivity index (χ1) is 9.61. The molecule has 1 aromatic rings. The topological polar surface area (TPSA) is 39.6 Å². The minimum atomic E-state index is 0.281. The second-order valence-electron chi connectivity index (χ2n) is 5.61. The van der Waals surface area contributed by atoms with Crippen molar-refractivity contribution in [2.45, 2.75) is 25.3 Å². The van der Waals surface area contributed by atoms with Crippen LogP contribution in [0.4, 0.5) is 0 Å². The predicted octanol–water partition coefficient (Wildman–Crippen LogP) is 2.76. The average molecular weight is 275 g/mol. The number of hydrogen-bond acceptors (Lipinski definition) is 3. The van der Waals surface area contributed by atoms with Crippen LogP contribution in [0, 0.1) is 5.41 Å². The molecule has 0 amide bonds. The molecule has 1 fully saturated rings. The maximum atomic E-state index is 8.10. The third-order valence-corrected chi connectivity index (χ3v) is 3.97. The molecule has 0 radical (unpaired) electrons. The van der Waals surface area contributed by atoms with E-state index in [-0.39, 0.29) is 6.04 Å². The third kappa shape index (κ3) is 3.51. The van der Waals surface area contributed by atoms with Gasteiger partial charge in [-0.3, -0.25) is 5.41 Å². The number of nitrogens with zero attached hydrogens (tertiary/aromatic N) is 2. The zero-order valence-electron chi connectivity index (χ0n) is 12.7. The summed E-state index contributed by atoms with van der Waals surface area (Å²) in [6.45, 7) is 1.88. The van der Waals surface area contributed by atoms with E-state index in [1.54, 1.807) is 7.11 Å². The van der Waals surface area contributed by atoms with Gasteiger partial charge in [-0.25, -0.2) is 0 Å². The number of hydrogen-bond donors (Lipinski definition) is 1. The van der Waals surface area contributed by atoms with Gasteiger partial charge in [0.2, 0.25) is 0 Å². The third-order valence-electron chi connectivity index (χ3n) is 3.97. The first-order valence-corrected chi connectivity index (χ1v) is 7.24. The molecule has 0 aliphatic carbocycles. The summed E-state index contributed by atoms with van der Waals surface area (Å²) in [6, 6.07) is 8.52. The predicted molar refractivity (Wildman–Crippen MR) is 82.6 cm³/mol. The van der Waals surface area contributed by atoms with Crippen molar-refractivity contribution in [2.24, 2.45) is 0 Å². The zero-order chi connectivity index (χ0) is 14.5.